The molecule has 146 valence electrons. The monoisotopic (exact) mass is 381 g/mol. The van der Waals surface area contributed by atoms with Gasteiger partial charge in [-0.15, -0.1) is 0 Å². The molecule has 6 heteroatoms. The van der Waals surface area contributed by atoms with E-state index < -0.39 is 5.41 Å². The van der Waals surface area contributed by atoms with Crippen LogP contribution in [0.25, 0.3) is 11.0 Å². The van der Waals surface area contributed by atoms with Crippen molar-refractivity contribution < 1.29 is 13.9 Å². The van der Waals surface area contributed by atoms with Gasteiger partial charge in [-0.3, -0.25) is 4.79 Å². The van der Waals surface area contributed by atoms with Crippen molar-refractivity contribution in [3.63, 3.8) is 0 Å². The zero-order valence-corrected chi connectivity index (χ0v) is 16.1. The molecule has 0 saturated carbocycles. The van der Waals surface area contributed by atoms with Gasteiger partial charge in [-0.2, -0.15) is 0 Å². The highest BCUT2D eigenvalue weighted by atomic mass is 19.1. The Morgan fingerprint density at radius 1 is 1.32 bits per heavy atom. The molecule has 4 rings (SSSR count). The lowest BCUT2D eigenvalue weighted by Gasteiger charge is -2.27. The summed E-state index contributed by atoms with van der Waals surface area (Å²) in [6, 6.07) is 12.1. The van der Waals surface area contributed by atoms with Gasteiger partial charge in [0.05, 0.1) is 29.1 Å². The predicted octanol–water partition coefficient (Wildman–Crippen LogP) is 4.30. The summed E-state index contributed by atoms with van der Waals surface area (Å²) in [6.07, 6.45) is 2.04. The second-order valence-electron chi connectivity index (χ2n) is 7.96. The molecule has 0 radical (unpaired) electrons. The fourth-order valence-corrected chi connectivity index (χ4v) is 3.64. The van der Waals surface area contributed by atoms with Crippen LogP contribution in [0.5, 0.6) is 5.75 Å². The van der Waals surface area contributed by atoms with Crippen LogP contribution in [0.2, 0.25) is 0 Å². The van der Waals surface area contributed by atoms with Crippen LogP contribution in [0, 0.1) is 11.2 Å². The third-order valence-electron chi connectivity index (χ3n) is 5.21. The van der Waals surface area contributed by atoms with Crippen molar-refractivity contribution >= 4 is 16.9 Å². The molecule has 0 spiro atoms. The summed E-state index contributed by atoms with van der Waals surface area (Å²) in [6.45, 7) is 4.34. The smallest absolute Gasteiger partial charge is 0.226 e. The summed E-state index contributed by atoms with van der Waals surface area (Å²) in [5.74, 6) is 0.900. The summed E-state index contributed by atoms with van der Waals surface area (Å²) < 4.78 is 19.2. The quantitative estimate of drug-likeness (QED) is 0.708. The number of para-hydroxylation sites is 2. The molecule has 1 unspecified atom stereocenters. The van der Waals surface area contributed by atoms with Gasteiger partial charge < -0.3 is 15.0 Å². The minimum absolute atomic E-state index is 0.0601. The minimum atomic E-state index is -0.652. The maximum absolute atomic E-state index is 13.6. The molecule has 2 aromatic carbocycles. The number of carbonyl (C=O) groups excluding carboxylic acids is 1. The third kappa shape index (κ3) is 3.72. The van der Waals surface area contributed by atoms with Crippen LogP contribution >= 0.6 is 0 Å². The second kappa shape index (κ2) is 7.26. The molecular formula is C22H24FN3O2. The molecule has 1 aromatic heterocycles. The van der Waals surface area contributed by atoms with E-state index in [1.807, 2.05) is 38.1 Å². The molecule has 2 heterocycles. The Morgan fingerprint density at radius 2 is 2.14 bits per heavy atom. The number of halogens is 1. The predicted molar refractivity (Wildman–Crippen MR) is 106 cm³/mol. The first kappa shape index (κ1) is 18.5. The highest BCUT2D eigenvalue weighted by Gasteiger charge is 2.32. The SMILES string of the molecule is CC(C)(Cc1nc2ccccc2[nH]1)C(=O)NC1CCCOc2cc(F)ccc21. The normalized spacial score (nSPS) is 16.9. The largest absolute Gasteiger partial charge is 0.493 e. The van der Waals surface area contributed by atoms with Crippen molar-refractivity contribution in [2.45, 2.75) is 39.2 Å². The first-order chi connectivity index (χ1) is 13.4. The van der Waals surface area contributed by atoms with Gasteiger partial charge in [-0.1, -0.05) is 32.0 Å². The molecule has 1 amide bonds. The summed E-state index contributed by atoms with van der Waals surface area (Å²) in [5, 5.41) is 3.15. The molecule has 0 bridgehead atoms. The molecule has 1 atom stereocenters. The fourth-order valence-electron chi connectivity index (χ4n) is 3.64. The zero-order chi connectivity index (χ0) is 19.7. The van der Waals surface area contributed by atoms with Crippen LogP contribution in [0.1, 0.15) is 44.1 Å². The summed E-state index contributed by atoms with van der Waals surface area (Å²) >= 11 is 0. The first-order valence-electron chi connectivity index (χ1n) is 9.59. The average Bonchev–Trinajstić information content (AvgIpc) is 2.95. The maximum Gasteiger partial charge on any atom is 0.226 e. The number of hydrogen-bond acceptors (Lipinski definition) is 3. The molecule has 1 aliphatic rings. The Balaban J connectivity index is 1.52. The lowest BCUT2D eigenvalue weighted by Crippen LogP contribution is -2.40. The number of carbonyl (C=O) groups is 1. The average molecular weight is 381 g/mol. The van der Waals surface area contributed by atoms with Crippen LogP contribution in [0.15, 0.2) is 42.5 Å². The van der Waals surface area contributed by atoms with Gasteiger partial charge in [0.2, 0.25) is 5.91 Å². The maximum atomic E-state index is 13.6. The van der Waals surface area contributed by atoms with Crippen LogP contribution < -0.4 is 10.1 Å². The van der Waals surface area contributed by atoms with Crippen molar-refractivity contribution in [3.05, 3.63) is 59.7 Å². The van der Waals surface area contributed by atoms with Gasteiger partial charge in [0.1, 0.15) is 17.4 Å². The van der Waals surface area contributed by atoms with Crippen LogP contribution in [-0.4, -0.2) is 22.5 Å². The number of aromatic nitrogens is 2. The fraction of sp³-hybridized carbons (Fsp3) is 0.364. The highest BCUT2D eigenvalue weighted by molar-refractivity contribution is 5.83. The van der Waals surface area contributed by atoms with Crippen molar-refractivity contribution in [2.75, 3.05) is 6.61 Å². The number of amides is 1. The topological polar surface area (TPSA) is 67.0 Å². The number of aromatic amines is 1. The van der Waals surface area contributed by atoms with E-state index in [-0.39, 0.29) is 17.8 Å². The molecule has 0 fully saturated rings. The van der Waals surface area contributed by atoms with E-state index in [2.05, 4.69) is 15.3 Å². The number of rotatable bonds is 4. The second-order valence-corrected chi connectivity index (χ2v) is 7.96. The van der Waals surface area contributed by atoms with Gasteiger partial charge in [-0.25, -0.2) is 9.37 Å². The molecule has 28 heavy (non-hydrogen) atoms. The molecular weight excluding hydrogens is 357 g/mol. The molecule has 0 aliphatic carbocycles. The first-order valence-corrected chi connectivity index (χ1v) is 9.59. The number of H-pyrrole nitrogens is 1. The van der Waals surface area contributed by atoms with Crippen LogP contribution in [0.4, 0.5) is 4.39 Å². The van der Waals surface area contributed by atoms with Gasteiger partial charge in [-0.05, 0) is 31.0 Å². The van der Waals surface area contributed by atoms with Crippen LogP contribution in [0.3, 0.4) is 0 Å². The molecule has 2 N–H and O–H groups in total. The van der Waals surface area contributed by atoms with E-state index in [9.17, 15) is 9.18 Å². The zero-order valence-electron chi connectivity index (χ0n) is 16.1. The standard InChI is InChI=1S/C22H24FN3O2/c1-22(2,13-20-24-17-6-3-4-7-18(17)25-20)21(27)26-16-8-5-11-28-19-12-14(23)9-10-15(16)19/h3-4,6-7,9-10,12,16H,5,8,11,13H2,1-2H3,(H,24,25)(H,26,27). The number of nitrogens with zero attached hydrogens (tertiary/aromatic N) is 1. The number of hydrogen-bond donors (Lipinski definition) is 2. The van der Waals surface area contributed by atoms with Gasteiger partial charge in [0.15, 0.2) is 0 Å². The Hall–Kier alpha value is -2.89. The van der Waals surface area contributed by atoms with Gasteiger partial charge in [0, 0.05) is 18.1 Å². The Labute approximate surface area is 163 Å². The molecule has 1 aliphatic heterocycles. The number of imidazole rings is 1. The van der Waals surface area contributed by atoms with E-state index >= 15 is 0 Å². The minimum Gasteiger partial charge on any atom is -0.493 e. The lowest BCUT2D eigenvalue weighted by molar-refractivity contribution is -0.130. The van der Waals surface area contributed by atoms with E-state index in [4.69, 9.17) is 4.74 Å². The lowest BCUT2D eigenvalue weighted by atomic mass is 9.87. The third-order valence-corrected chi connectivity index (χ3v) is 5.21. The van der Waals surface area contributed by atoms with Crippen molar-refractivity contribution in [1.29, 1.82) is 0 Å². The van der Waals surface area contributed by atoms with Gasteiger partial charge in [0.25, 0.3) is 0 Å². The summed E-state index contributed by atoms with van der Waals surface area (Å²) in [7, 11) is 0. The highest BCUT2D eigenvalue weighted by Crippen LogP contribution is 2.33. The molecule has 3 aromatic rings. The number of benzene rings is 2. The van der Waals surface area contributed by atoms with Crippen molar-refractivity contribution in [1.82, 2.24) is 15.3 Å². The Morgan fingerprint density at radius 3 is 2.96 bits per heavy atom. The van der Waals surface area contributed by atoms with Crippen molar-refractivity contribution in [2.24, 2.45) is 5.41 Å². The van der Waals surface area contributed by atoms with E-state index in [1.165, 1.54) is 12.1 Å². The number of nitrogens with one attached hydrogen (secondary N) is 2. The van der Waals surface area contributed by atoms with Gasteiger partial charge >= 0.3 is 0 Å². The summed E-state index contributed by atoms with van der Waals surface area (Å²) in [4.78, 5) is 21.0. The molecule has 0 saturated heterocycles. The number of fused-ring (bicyclic) bond motifs is 2. The summed E-state index contributed by atoms with van der Waals surface area (Å²) in [5.41, 5.74) is 2.03. The van der Waals surface area contributed by atoms with E-state index in [0.29, 0.717) is 18.8 Å². The van der Waals surface area contributed by atoms with E-state index in [1.54, 1.807) is 6.07 Å². The van der Waals surface area contributed by atoms with E-state index in [0.717, 1.165) is 35.3 Å². The van der Waals surface area contributed by atoms with Crippen LogP contribution in [-0.2, 0) is 11.2 Å². The Bertz CT molecular complexity index is 979. The van der Waals surface area contributed by atoms with Crippen molar-refractivity contribution in [3.8, 4) is 5.75 Å². The number of ether oxygens (including phenoxy) is 1. The molecule has 5 nitrogen and oxygen atoms in total. The Kier molecular flexibility index (Phi) is 4.79.